The summed E-state index contributed by atoms with van der Waals surface area (Å²) in [6, 6.07) is 0. The smallest absolute Gasteiger partial charge is 0.305 e. The monoisotopic (exact) mass is 265 g/mol. The fraction of sp³-hybridized carbons (Fsp3) is 0.909. The minimum atomic E-state index is -0.111. The van der Waals surface area contributed by atoms with E-state index in [1.54, 1.807) is 10.8 Å². The Hall–Kier alpha value is 0.130. The lowest BCUT2D eigenvalue weighted by Crippen LogP contribution is -2.37. The molecule has 0 aliphatic rings. The van der Waals surface area contributed by atoms with Gasteiger partial charge in [0, 0.05) is 30.0 Å². The number of hydrogen-bond acceptors (Lipinski definition) is 5. The molecule has 0 saturated carbocycles. The first-order valence-corrected chi connectivity index (χ1v) is 8.09. The molecule has 0 aliphatic heterocycles. The van der Waals surface area contributed by atoms with Crippen LogP contribution in [0.4, 0.5) is 0 Å². The SMILES string of the molecule is CCC(=O)OCCSSCCNC(C)(C)C. The summed E-state index contributed by atoms with van der Waals surface area (Å²) in [6.45, 7) is 9.83. The highest BCUT2D eigenvalue weighted by atomic mass is 33.1. The van der Waals surface area contributed by atoms with Crippen molar-refractivity contribution in [3.63, 3.8) is 0 Å². The molecule has 1 N–H and O–H groups in total. The number of hydrogen-bond donors (Lipinski definition) is 1. The van der Waals surface area contributed by atoms with Crippen LogP contribution in [0.15, 0.2) is 0 Å². The van der Waals surface area contributed by atoms with Crippen LogP contribution in [0.5, 0.6) is 0 Å². The van der Waals surface area contributed by atoms with E-state index < -0.39 is 0 Å². The lowest BCUT2D eigenvalue weighted by Gasteiger charge is -2.19. The first-order chi connectivity index (χ1) is 7.45. The summed E-state index contributed by atoms with van der Waals surface area (Å²) >= 11 is 0. The van der Waals surface area contributed by atoms with Gasteiger partial charge in [-0.2, -0.15) is 0 Å². The van der Waals surface area contributed by atoms with Crippen LogP contribution in [-0.4, -0.2) is 36.2 Å². The molecule has 3 nitrogen and oxygen atoms in total. The van der Waals surface area contributed by atoms with E-state index in [0.717, 1.165) is 18.1 Å². The molecule has 0 unspecified atom stereocenters. The van der Waals surface area contributed by atoms with Crippen LogP contribution in [0.2, 0.25) is 0 Å². The van der Waals surface area contributed by atoms with E-state index in [1.165, 1.54) is 0 Å². The highest BCUT2D eigenvalue weighted by Gasteiger charge is 2.07. The van der Waals surface area contributed by atoms with Crippen LogP contribution >= 0.6 is 21.6 Å². The second-order valence-electron chi connectivity index (χ2n) is 4.39. The molecule has 0 radical (unpaired) electrons. The maximum Gasteiger partial charge on any atom is 0.305 e. The van der Waals surface area contributed by atoms with Crippen LogP contribution in [0.3, 0.4) is 0 Å². The average Bonchev–Trinajstić information content (AvgIpc) is 2.20. The van der Waals surface area contributed by atoms with Gasteiger partial charge in [0.15, 0.2) is 0 Å². The normalized spacial score (nSPS) is 11.5. The van der Waals surface area contributed by atoms with Gasteiger partial charge in [-0.05, 0) is 20.8 Å². The molecule has 0 aromatic heterocycles. The molecule has 0 fully saturated rings. The topological polar surface area (TPSA) is 38.3 Å². The van der Waals surface area contributed by atoms with Crippen LogP contribution in [0, 0.1) is 0 Å². The zero-order valence-corrected chi connectivity index (χ0v) is 12.3. The Morgan fingerprint density at radius 2 is 1.88 bits per heavy atom. The van der Waals surface area contributed by atoms with Gasteiger partial charge in [-0.25, -0.2) is 0 Å². The summed E-state index contributed by atoms with van der Waals surface area (Å²) in [4.78, 5) is 10.8. The number of rotatable bonds is 8. The third-order valence-corrected chi connectivity index (χ3v) is 4.01. The second kappa shape index (κ2) is 9.19. The summed E-state index contributed by atoms with van der Waals surface area (Å²) in [5, 5.41) is 3.42. The average molecular weight is 265 g/mol. The summed E-state index contributed by atoms with van der Waals surface area (Å²) in [6.07, 6.45) is 0.466. The molecule has 5 heteroatoms. The first-order valence-electron chi connectivity index (χ1n) is 5.61. The van der Waals surface area contributed by atoms with Crippen molar-refractivity contribution >= 4 is 27.6 Å². The molecule has 0 saturated heterocycles. The van der Waals surface area contributed by atoms with Crippen molar-refractivity contribution in [1.82, 2.24) is 5.32 Å². The Labute approximate surface area is 107 Å². The van der Waals surface area contributed by atoms with Crippen molar-refractivity contribution in [1.29, 1.82) is 0 Å². The van der Waals surface area contributed by atoms with E-state index in [0.29, 0.717) is 13.0 Å². The maximum atomic E-state index is 10.8. The predicted molar refractivity (Wildman–Crippen MR) is 73.9 cm³/mol. The second-order valence-corrected chi connectivity index (χ2v) is 7.10. The van der Waals surface area contributed by atoms with Gasteiger partial charge in [-0.1, -0.05) is 28.5 Å². The van der Waals surface area contributed by atoms with Crippen molar-refractivity contribution in [2.45, 2.75) is 39.7 Å². The molecular weight excluding hydrogens is 242 g/mol. The molecule has 0 atom stereocenters. The van der Waals surface area contributed by atoms with Gasteiger partial charge >= 0.3 is 5.97 Å². The van der Waals surface area contributed by atoms with Crippen LogP contribution in [0.25, 0.3) is 0 Å². The van der Waals surface area contributed by atoms with E-state index >= 15 is 0 Å². The molecule has 0 aromatic carbocycles. The number of ether oxygens (including phenoxy) is 1. The van der Waals surface area contributed by atoms with E-state index in [-0.39, 0.29) is 11.5 Å². The third-order valence-electron chi connectivity index (χ3n) is 1.64. The Balaban J connectivity index is 3.13. The quantitative estimate of drug-likeness (QED) is 0.415. The zero-order valence-electron chi connectivity index (χ0n) is 10.7. The molecular formula is C11H23NO2S2. The van der Waals surface area contributed by atoms with Crippen molar-refractivity contribution in [2.24, 2.45) is 0 Å². The molecule has 0 aliphatic carbocycles. The zero-order chi connectivity index (χ0) is 12.4. The molecule has 0 spiro atoms. The van der Waals surface area contributed by atoms with Gasteiger partial charge in [0.2, 0.25) is 0 Å². The molecule has 0 aromatic rings. The summed E-state index contributed by atoms with van der Waals surface area (Å²) in [5.74, 6) is 1.83. The van der Waals surface area contributed by atoms with Gasteiger partial charge in [0.1, 0.15) is 6.61 Å². The first kappa shape index (κ1) is 16.1. The molecule has 0 heterocycles. The Bertz CT molecular complexity index is 193. The van der Waals surface area contributed by atoms with Crippen LogP contribution in [0.1, 0.15) is 34.1 Å². The van der Waals surface area contributed by atoms with E-state index in [4.69, 9.17) is 4.74 Å². The van der Waals surface area contributed by atoms with Crippen molar-refractivity contribution in [3.8, 4) is 0 Å². The molecule has 96 valence electrons. The summed E-state index contributed by atoms with van der Waals surface area (Å²) < 4.78 is 4.96. The van der Waals surface area contributed by atoms with Gasteiger partial charge in [0.25, 0.3) is 0 Å². The van der Waals surface area contributed by atoms with Crippen LogP contribution < -0.4 is 5.32 Å². The van der Waals surface area contributed by atoms with E-state index in [9.17, 15) is 4.79 Å². The van der Waals surface area contributed by atoms with Crippen molar-refractivity contribution in [3.05, 3.63) is 0 Å². The number of nitrogens with one attached hydrogen (secondary N) is 1. The highest BCUT2D eigenvalue weighted by Crippen LogP contribution is 2.20. The summed E-state index contributed by atoms with van der Waals surface area (Å²) in [7, 11) is 3.57. The van der Waals surface area contributed by atoms with Gasteiger partial charge in [-0.3, -0.25) is 4.79 Å². The van der Waals surface area contributed by atoms with Crippen molar-refractivity contribution < 1.29 is 9.53 Å². The minimum Gasteiger partial charge on any atom is -0.465 e. The van der Waals surface area contributed by atoms with E-state index in [1.807, 2.05) is 17.7 Å². The standard InChI is InChI=1S/C11H23NO2S2/c1-5-10(13)14-7-9-16-15-8-6-12-11(2,3)4/h12H,5-9H2,1-4H3. The number of esters is 1. The fourth-order valence-electron chi connectivity index (χ4n) is 0.877. The van der Waals surface area contributed by atoms with Crippen LogP contribution in [-0.2, 0) is 9.53 Å². The van der Waals surface area contributed by atoms with Gasteiger partial charge in [0.05, 0.1) is 0 Å². The predicted octanol–water partition coefficient (Wildman–Crippen LogP) is 2.71. The number of carbonyl (C=O) groups excluding carboxylic acids is 1. The Morgan fingerprint density at radius 1 is 1.25 bits per heavy atom. The fourth-order valence-corrected chi connectivity index (χ4v) is 2.61. The summed E-state index contributed by atoms with van der Waals surface area (Å²) in [5.41, 5.74) is 0.196. The maximum absolute atomic E-state index is 10.8. The largest absolute Gasteiger partial charge is 0.465 e. The minimum absolute atomic E-state index is 0.111. The Kier molecular flexibility index (Phi) is 9.26. The van der Waals surface area contributed by atoms with E-state index in [2.05, 4.69) is 26.1 Å². The lowest BCUT2D eigenvalue weighted by atomic mass is 10.1. The van der Waals surface area contributed by atoms with Gasteiger partial charge < -0.3 is 10.1 Å². The third kappa shape index (κ3) is 12.2. The van der Waals surface area contributed by atoms with Crippen molar-refractivity contribution in [2.75, 3.05) is 24.7 Å². The highest BCUT2D eigenvalue weighted by molar-refractivity contribution is 8.76. The molecule has 0 amide bonds. The lowest BCUT2D eigenvalue weighted by molar-refractivity contribution is -0.142. The molecule has 16 heavy (non-hydrogen) atoms. The Morgan fingerprint density at radius 3 is 2.44 bits per heavy atom. The van der Waals surface area contributed by atoms with Gasteiger partial charge in [-0.15, -0.1) is 0 Å². The molecule has 0 rings (SSSR count). The molecule has 0 bridgehead atoms. The number of carbonyl (C=O) groups is 1.